The van der Waals surface area contributed by atoms with E-state index < -0.39 is 8.07 Å². The van der Waals surface area contributed by atoms with Crippen LogP contribution in [0.5, 0.6) is 0 Å². The Balaban J connectivity index is 1.81. The zero-order valence-electron chi connectivity index (χ0n) is 16.7. The highest BCUT2D eigenvalue weighted by Crippen LogP contribution is 2.45. The molecule has 0 aromatic heterocycles. The first-order chi connectivity index (χ1) is 14.3. The van der Waals surface area contributed by atoms with Crippen LogP contribution in [-0.4, -0.2) is 4.67 Å². The van der Waals surface area contributed by atoms with Gasteiger partial charge in [0.2, 0.25) is 0 Å². The van der Waals surface area contributed by atoms with Crippen LogP contribution in [0.4, 0.5) is 0 Å². The van der Waals surface area contributed by atoms with Crippen molar-refractivity contribution < 1.29 is 0 Å². The Kier molecular flexibility index (Phi) is 6.52. The van der Waals surface area contributed by atoms with Crippen LogP contribution in [-0.2, 0) is 6.54 Å². The molecule has 0 amide bonds. The van der Waals surface area contributed by atoms with E-state index in [1.165, 1.54) is 21.7 Å². The molecule has 0 unspecified atom stereocenters. The van der Waals surface area contributed by atoms with Crippen LogP contribution >= 0.6 is 8.07 Å². The SMILES string of the molecule is C[C@@H](c1ccccc1)N(Cc1ccccc1)P(c1ccccc1)c1ccccc1. The highest BCUT2D eigenvalue weighted by atomic mass is 31.1. The molecule has 0 spiro atoms. The van der Waals surface area contributed by atoms with Gasteiger partial charge in [-0.1, -0.05) is 121 Å². The lowest BCUT2D eigenvalue weighted by Crippen LogP contribution is -2.30. The van der Waals surface area contributed by atoms with E-state index in [1.54, 1.807) is 0 Å². The maximum Gasteiger partial charge on any atom is 0.0365 e. The van der Waals surface area contributed by atoms with Crippen LogP contribution < -0.4 is 10.6 Å². The van der Waals surface area contributed by atoms with Crippen molar-refractivity contribution in [1.82, 2.24) is 4.67 Å². The van der Waals surface area contributed by atoms with Gasteiger partial charge in [-0.25, -0.2) is 0 Å². The molecule has 0 N–H and O–H groups in total. The van der Waals surface area contributed by atoms with Crippen molar-refractivity contribution in [3.63, 3.8) is 0 Å². The topological polar surface area (TPSA) is 3.24 Å². The maximum atomic E-state index is 2.67. The molecule has 0 heterocycles. The lowest BCUT2D eigenvalue weighted by Gasteiger charge is -2.37. The van der Waals surface area contributed by atoms with Gasteiger partial charge in [-0.15, -0.1) is 0 Å². The molecule has 144 valence electrons. The second-order valence-corrected chi connectivity index (χ2v) is 9.32. The summed E-state index contributed by atoms with van der Waals surface area (Å²) >= 11 is 0. The first-order valence-electron chi connectivity index (χ1n) is 10.1. The molecule has 1 nitrogen and oxygen atoms in total. The summed E-state index contributed by atoms with van der Waals surface area (Å²) in [6.07, 6.45) is 0. The Labute approximate surface area is 175 Å². The van der Waals surface area contributed by atoms with E-state index in [1.807, 2.05) is 0 Å². The van der Waals surface area contributed by atoms with E-state index in [2.05, 4.69) is 133 Å². The van der Waals surface area contributed by atoms with E-state index >= 15 is 0 Å². The minimum atomic E-state index is -0.668. The summed E-state index contributed by atoms with van der Waals surface area (Å²) in [4.78, 5) is 0. The molecule has 0 aliphatic heterocycles. The fraction of sp³-hybridized carbons (Fsp3) is 0.111. The molecule has 1 atom stereocenters. The van der Waals surface area contributed by atoms with E-state index in [0.717, 1.165) is 6.54 Å². The predicted molar refractivity (Wildman–Crippen MR) is 126 cm³/mol. The van der Waals surface area contributed by atoms with Crippen molar-refractivity contribution in [2.24, 2.45) is 0 Å². The van der Waals surface area contributed by atoms with E-state index in [9.17, 15) is 0 Å². The van der Waals surface area contributed by atoms with E-state index in [-0.39, 0.29) is 0 Å². The third-order valence-electron chi connectivity index (χ3n) is 5.17. The standard InChI is InChI=1S/C27H26NP/c1-23(25-16-8-3-9-17-25)28(22-24-14-6-2-7-15-24)29(26-18-10-4-11-19-26)27-20-12-5-13-21-27/h2-21,23H,22H2,1H3/t23-/m0/s1. The lowest BCUT2D eigenvalue weighted by atomic mass is 10.1. The van der Waals surface area contributed by atoms with Crippen LogP contribution in [0.3, 0.4) is 0 Å². The third kappa shape index (κ3) is 4.82. The maximum absolute atomic E-state index is 2.67. The molecular weight excluding hydrogens is 369 g/mol. The molecule has 0 aliphatic rings. The number of hydrogen-bond acceptors (Lipinski definition) is 1. The zero-order chi connectivity index (χ0) is 19.9. The number of rotatable bonds is 7. The summed E-state index contributed by atoms with van der Waals surface area (Å²) < 4.78 is 2.67. The van der Waals surface area contributed by atoms with E-state index in [0.29, 0.717) is 6.04 Å². The molecule has 0 saturated carbocycles. The van der Waals surface area contributed by atoms with Crippen molar-refractivity contribution >= 4 is 18.7 Å². The molecule has 0 bridgehead atoms. The predicted octanol–water partition coefficient (Wildman–Crippen LogP) is 6.30. The van der Waals surface area contributed by atoms with Gasteiger partial charge in [-0.05, 0) is 28.7 Å². The summed E-state index contributed by atoms with van der Waals surface area (Å²) in [7, 11) is -0.668. The van der Waals surface area contributed by atoms with E-state index in [4.69, 9.17) is 0 Å². The summed E-state index contributed by atoms with van der Waals surface area (Å²) in [6.45, 7) is 3.24. The largest absolute Gasteiger partial charge is 0.263 e. The second kappa shape index (κ2) is 9.65. The first kappa shape index (κ1) is 19.6. The molecule has 0 fully saturated rings. The molecule has 0 aliphatic carbocycles. The van der Waals surface area contributed by atoms with Gasteiger partial charge < -0.3 is 0 Å². The van der Waals surface area contributed by atoms with Crippen molar-refractivity contribution in [2.45, 2.75) is 19.5 Å². The molecule has 2 heteroatoms. The number of nitrogens with zero attached hydrogens (tertiary/aromatic N) is 1. The fourth-order valence-electron chi connectivity index (χ4n) is 3.64. The summed E-state index contributed by atoms with van der Waals surface area (Å²) in [6, 6.07) is 43.9. The summed E-state index contributed by atoms with van der Waals surface area (Å²) in [5, 5.41) is 2.76. The molecule has 29 heavy (non-hydrogen) atoms. The van der Waals surface area contributed by atoms with Crippen LogP contribution in [0.25, 0.3) is 0 Å². The lowest BCUT2D eigenvalue weighted by molar-refractivity contribution is 0.368. The van der Waals surface area contributed by atoms with Gasteiger partial charge in [0.1, 0.15) is 0 Å². The molecule has 4 aromatic rings. The minimum Gasteiger partial charge on any atom is -0.263 e. The van der Waals surface area contributed by atoms with Crippen LogP contribution in [0.15, 0.2) is 121 Å². The second-order valence-electron chi connectivity index (χ2n) is 7.15. The van der Waals surface area contributed by atoms with Crippen LogP contribution in [0.2, 0.25) is 0 Å². The molecule has 0 radical (unpaired) electrons. The summed E-state index contributed by atoms with van der Waals surface area (Å²) in [5.41, 5.74) is 2.69. The molecule has 0 saturated heterocycles. The molecule has 4 aromatic carbocycles. The average Bonchev–Trinajstić information content (AvgIpc) is 2.81. The highest BCUT2D eigenvalue weighted by molar-refractivity contribution is 7.70. The van der Waals surface area contributed by atoms with Gasteiger partial charge >= 0.3 is 0 Å². The Morgan fingerprint density at radius 3 is 1.48 bits per heavy atom. The highest BCUT2D eigenvalue weighted by Gasteiger charge is 2.27. The quantitative estimate of drug-likeness (QED) is 0.332. The third-order valence-corrected chi connectivity index (χ3v) is 7.75. The summed E-state index contributed by atoms with van der Waals surface area (Å²) in [5.74, 6) is 0. The molecule has 4 rings (SSSR count). The normalized spacial score (nSPS) is 12.2. The van der Waals surface area contributed by atoms with Gasteiger partial charge in [-0.2, -0.15) is 0 Å². The Morgan fingerprint density at radius 1 is 0.586 bits per heavy atom. The van der Waals surface area contributed by atoms with Crippen molar-refractivity contribution in [3.05, 3.63) is 132 Å². The van der Waals surface area contributed by atoms with Crippen LogP contribution in [0.1, 0.15) is 24.1 Å². The minimum absolute atomic E-state index is 0.294. The first-order valence-corrected chi connectivity index (χ1v) is 11.4. The van der Waals surface area contributed by atoms with Crippen molar-refractivity contribution in [1.29, 1.82) is 0 Å². The van der Waals surface area contributed by atoms with Gasteiger partial charge in [0.15, 0.2) is 0 Å². The van der Waals surface area contributed by atoms with Crippen LogP contribution in [0, 0.1) is 0 Å². The fourth-order valence-corrected chi connectivity index (χ4v) is 6.22. The van der Waals surface area contributed by atoms with Crippen molar-refractivity contribution in [3.8, 4) is 0 Å². The molecular formula is C27H26NP. The smallest absolute Gasteiger partial charge is 0.0365 e. The Bertz CT molecular complexity index is 948. The Morgan fingerprint density at radius 2 is 1.00 bits per heavy atom. The number of hydrogen-bond donors (Lipinski definition) is 0. The monoisotopic (exact) mass is 395 g/mol. The van der Waals surface area contributed by atoms with Gasteiger partial charge in [0.25, 0.3) is 0 Å². The van der Waals surface area contributed by atoms with Crippen molar-refractivity contribution in [2.75, 3.05) is 0 Å². The number of benzene rings is 4. The zero-order valence-corrected chi connectivity index (χ0v) is 17.6. The average molecular weight is 395 g/mol. The van der Waals surface area contributed by atoms with Gasteiger partial charge in [0, 0.05) is 20.7 Å². The Hall–Kier alpha value is -2.73. The van der Waals surface area contributed by atoms with Gasteiger partial charge in [0.05, 0.1) is 0 Å². The van der Waals surface area contributed by atoms with Gasteiger partial charge in [-0.3, -0.25) is 4.67 Å².